The molecule has 2 heterocycles. The normalized spacial score (nSPS) is 39.2. The lowest BCUT2D eigenvalue weighted by Gasteiger charge is -2.35. The quantitative estimate of drug-likeness (QED) is 0.745. The van der Waals surface area contributed by atoms with Crippen LogP contribution in [0.25, 0.3) is 0 Å². The molecule has 3 nitrogen and oxygen atoms in total. The second kappa shape index (κ2) is 4.81. The van der Waals surface area contributed by atoms with Gasteiger partial charge in [0, 0.05) is 24.7 Å². The van der Waals surface area contributed by atoms with E-state index < -0.39 is 0 Å². The molecule has 1 N–H and O–H groups in total. The van der Waals surface area contributed by atoms with Crippen molar-refractivity contribution >= 4 is 0 Å². The van der Waals surface area contributed by atoms with Crippen LogP contribution in [0.5, 0.6) is 0 Å². The lowest BCUT2D eigenvalue weighted by atomic mass is 9.98. The molecule has 0 aromatic carbocycles. The number of nitrogens with one attached hydrogen (secondary N) is 1. The maximum absolute atomic E-state index is 5.49. The van der Waals surface area contributed by atoms with Crippen molar-refractivity contribution in [3.63, 3.8) is 0 Å². The minimum atomic E-state index is 0.305. The Morgan fingerprint density at radius 3 is 3.07 bits per heavy atom. The predicted octanol–water partition coefficient (Wildman–Crippen LogP) is 1.24. The molecule has 2 aliphatic rings. The second-order valence-electron chi connectivity index (χ2n) is 5.18. The smallest absolute Gasteiger partial charge is 0.0622 e. The predicted molar refractivity (Wildman–Crippen MR) is 62.1 cm³/mol. The van der Waals surface area contributed by atoms with Crippen LogP contribution in [0.3, 0.4) is 0 Å². The molecule has 2 fully saturated rings. The SMILES string of the molecule is CCC1(C)CN(C2CCOC2)CCCN1. The first-order valence-electron chi connectivity index (χ1n) is 6.30. The minimum Gasteiger partial charge on any atom is -0.380 e. The van der Waals surface area contributed by atoms with Gasteiger partial charge < -0.3 is 10.1 Å². The van der Waals surface area contributed by atoms with Gasteiger partial charge >= 0.3 is 0 Å². The lowest BCUT2D eigenvalue weighted by molar-refractivity contribution is 0.127. The second-order valence-corrected chi connectivity index (χ2v) is 5.18. The van der Waals surface area contributed by atoms with Gasteiger partial charge in [0.2, 0.25) is 0 Å². The van der Waals surface area contributed by atoms with E-state index >= 15 is 0 Å². The van der Waals surface area contributed by atoms with Gasteiger partial charge in [0.25, 0.3) is 0 Å². The molecule has 2 saturated heterocycles. The van der Waals surface area contributed by atoms with Gasteiger partial charge in [-0.15, -0.1) is 0 Å². The van der Waals surface area contributed by atoms with Crippen LogP contribution in [-0.4, -0.2) is 49.3 Å². The summed E-state index contributed by atoms with van der Waals surface area (Å²) in [7, 11) is 0. The molecular formula is C12H24N2O. The fraction of sp³-hybridized carbons (Fsp3) is 1.00. The summed E-state index contributed by atoms with van der Waals surface area (Å²) in [5.41, 5.74) is 0.305. The van der Waals surface area contributed by atoms with Crippen molar-refractivity contribution in [3.05, 3.63) is 0 Å². The van der Waals surface area contributed by atoms with E-state index in [4.69, 9.17) is 4.74 Å². The molecule has 0 spiro atoms. The topological polar surface area (TPSA) is 24.5 Å². The zero-order valence-electron chi connectivity index (χ0n) is 10.1. The Morgan fingerprint density at radius 1 is 1.53 bits per heavy atom. The van der Waals surface area contributed by atoms with Crippen molar-refractivity contribution in [3.8, 4) is 0 Å². The fourth-order valence-corrected chi connectivity index (χ4v) is 2.61. The first kappa shape index (κ1) is 11.4. The summed E-state index contributed by atoms with van der Waals surface area (Å²) in [5.74, 6) is 0. The van der Waals surface area contributed by atoms with Gasteiger partial charge in [0.15, 0.2) is 0 Å². The van der Waals surface area contributed by atoms with Gasteiger partial charge in [0.1, 0.15) is 0 Å². The average molecular weight is 212 g/mol. The Morgan fingerprint density at radius 2 is 2.40 bits per heavy atom. The van der Waals surface area contributed by atoms with Crippen LogP contribution in [0.1, 0.15) is 33.1 Å². The van der Waals surface area contributed by atoms with Crippen molar-refractivity contribution in [2.75, 3.05) is 32.8 Å². The van der Waals surface area contributed by atoms with Gasteiger partial charge in [-0.05, 0) is 39.3 Å². The van der Waals surface area contributed by atoms with E-state index in [2.05, 4.69) is 24.1 Å². The molecule has 0 radical (unpaired) electrons. The van der Waals surface area contributed by atoms with Crippen molar-refractivity contribution in [2.24, 2.45) is 0 Å². The monoisotopic (exact) mass is 212 g/mol. The fourth-order valence-electron chi connectivity index (χ4n) is 2.61. The molecule has 2 aliphatic heterocycles. The Labute approximate surface area is 93.2 Å². The number of hydrogen-bond donors (Lipinski definition) is 1. The van der Waals surface area contributed by atoms with E-state index in [0.717, 1.165) is 19.8 Å². The summed E-state index contributed by atoms with van der Waals surface area (Å²) in [6.07, 6.45) is 3.70. The van der Waals surface area contributed by atoms with Crippen molar-refractivity contribution in [1.82, 2.24) is 10.2 Å². The molecule has 15 heavy (non-hydrogen) atoms. The summed E-state index contributed by atoms with van der Waals surface area (Å²) < 4.78 is 5.49. The highest BCUT2D eigenvalue weighted by atomic mass is 16.5. The first-order valence-corrected chi connectivity index (χ1v) is 6.30. The molecule has 2 unspecified atom stereocenters. The Hall–Kier alpha value is -0.120. The van der Waals surface area contributed by atoms with E-state index in [0.29, 0.717) is 11.6 Å². The molecule has 0 amide bonds. The molecule has 88 valence electrons. The number of rotatable bonds is 2. The van der Waals surface area contributed by atoms with Crippen LogP contribution in [-0.2, 0) is 4.74 Å². The van der Waals surface area contributed by atoms with Crippen molar-refractivity contribution < 1.29 is 4.74 Å². The van der Waals surface area contributed by atoms with Crippen LogP contribution in [0.4, 0.5) is 0 Å². The van der Waals surface area contributed by atoms with Crippen LogP contribution >= 0.6 is 0 Å². The first-order chi connectivity index (χ1) is 7.23. The number of nitrogens with zero attached hydrogens (tertiary/aromatic N) is 1. The van der Waals surface area contributed by atoms with E-state index in [1.54, 1.807) is 0 Å². The van der Waals surface area contributed by atoms with Gasteiger partial charge in [-0.25, -0.2) is 0 Å². The molecule has 0 aromatic rings. The summed E-state index contributed by atoms with van der Waals surface area (Å²) in [6, 6.07) is 0.677. The molecule has 0 aliphatic carbocycles. The van der Waals surface area contributed by atoms with E-state index in [1.807, 2.05) is 0 Å². The maximum Gasteiger partial charge on any atom is 0.0622 e. The Kier molecular flexibility index (Phi) is 3.65. The molecule has 0 aromatic heterocycles. The third kappa shape index (κ3) is 2.71. The standard InChI is InChI=1S/C12H24N2O/c1-3-12(2)10-14(7-4-6-13-12)11-5-8-15-9-11/h11,13H,3-10H2,1-2H3. The maximum atomic E-state index is 5.49. The summed E-state index contributed by atoms with van der Waals surface area (Å²) >= 11 is 0. The zero-order chi connectivity index (χ0) is 10.7. The number of hydrogen-bond acceptors (Lipinski definition) is 3. The van der Waals surface area contributed by atoms with E-state index in [9.17, 15) is 0 Å². The highest BCUT2D eigenvalue weighted by molar-refractivity contribution is 4.91. The molecule has 0 bridgehead atoms. The summed E-state index contributed by atoms with van der Waals surface area (Å²) in [4.78, 5) is 2.64. The highest BCUT2D eigenvalue weighted by Crippen LogP contribution is 2.20. The van der Waals surface area contributed by atoms with Crippen molar-refractivity contribution in [2.45, 2.75) is 44.7 Å². The van der Waals surface area contributed by atoms with Crippen LogP contribution < -0.4 is 5.32 Å². The van der Waals surface area contributed by atoms with Crippen LogP contribution in [0, 0.1) is 0 Å². The minimum absolute atomic E-state index is 0.305. The summed E-state index contributed by atoms with van der Waals surface area (Å²) in [5, 5.41) is 3.68. The number of ether oxygens (including phenoxy) is 1. The largest absolute Gasteiger partial charge is 0.380 e. The van der Waals surface area contributed by atoms with Gasteiger partial charge in [-0.1, -0.05) is 6.92 Å². The summed E-state index contributed by atoms with van der Waals surface area (Å²) in [6.45, 7) is 10.1. The van der Waals surface area contributed by atoms with Gasteiger partial charge in [0.05, 0.1) is 6.61 Å². The molecule has 0 saturated carbocycles. The molecule has 2 atom stereocenters. The molecule has 3 heteroatoms. The lowest BCUT2D eigenvalue weighted by Crippen LogP contribution is -2.51. The van der Waals surface area contributed by atoms with Crippen LogP contribution in [0.15, 0.2) is 0 Å². The third-order valence-corrected chi connectivity index (χ3v) is 3.93. The third-order valence-electron chi connectivity index (χ3n) is 3.93. The Balaban J connectivity index is 1.98. The van der Waals surface area contributed by atoms with Gasteiger partial charge in [-0.2, -0.15) is 0 Å². The zero-order valence-corrected chi connectivity index (χ0v) is 10.1. The molecular weight excluding hydrogens is 188 g/mol. The van der Waals surface area contributed by atoms with Gasteiger partial charge in [-0.3, -0.25) is 4.90 Å². The van der Waals surface area contributed by atoms with Crippen LogP contribution in [0.2, 0.25) is 0 Å². The van der Waals surface area contributed by atoms with E-state index in [1.165, 1.54) is 32.4 Å². The van der Waals surface area contributed by atoms with Crippen molar-refractivity contribution in [1.29, 1.82) is 0 Å². The Bertz CT molecular complexity index is 204. The average Bonchev–Trinajstić information content (AvgIpc) is 2.69. The highest BCUT2D eigenvalue weighted by Gasteiger charge is 2.32. The molecule has 2 rings (SSSR count). The van der Waals surface area contributed by atoms with E-state index in [-0.39, 0.29) is 0 Å².